The summed E-state index contributed by atoms with van der Waals surface area (Å²) >= 11 is 0. The van der Waals surface area contributed by atoms with Crippen LogP contribution >= 0.6 is 0 Å². The lowest BCUT2D eigenvalue weighted by molar-refractivity contribution is 0.354. The highest BCUT2D eigenvalue weighted by Crippen LogP contribution is 1.66. The number of aliphatic hydroxyl groups excluding tert-OH is 1. The Bertz CT molecular complexity index is 98.6. The van der Waals surface area contributed by atoms with E-state index in [0.29, 0.717) is 5.84 Å². The zero-order valence-corrected chi connectivity index (χ0v) is 4.89. The molecule has 0 aliphatic heterocycles. The molecule has 0 saturated heterocycles. The highest BCUT2D eigenvalue weighted by atomic mass is 16.3. The molecule has 3 nitrogen and oxygen atoms in total. The second-order valence-electron chi connectivity index (χ2n) is 1.18. The molecular weight excluding hydrogens is 104 g/mol. The molecule has 0 fully saturated rings. The maximum atomic E-state index is 8.42. The van der Waals surface area contributed by atoms with E-state index in [4.69, 9.17) is 5.11 Å². The zero-order chi connectivity index (χ0) is 6.41. The Morgan fingerprint density at radius 1 is 2.00 bits per heavy atom. The first-order valence-electron chi connectivity index (χ1n) is 2.29. The van der Waals surface area contributed by atoms with Crippen LogP contribution in [0.4, 0.5) is 0 Å². The number of aliphatic hydroxyl groups is 1. The normalized spacial score (nSPS) is 11.0. The van der Waals surface area contributed by atoms with Crippen LogP contribution in [0.5, 0.6) is 0 Å². The molecule has 0 aromatic rings. The van der Waals surface area contributed by atoms with Crippen LogP contribution < -0.4 is 5.32 Å². The maximum Gasteiger partial charge on any atom is 0.126 e. The van der Waals surface area contributed by atoms with E-state index >= 15 is 0 Å². The average molecular weight is 114 g/mol. The Hall–Kier alpha value is -0.830. The van der Waals surface area contributed by atoms with Gasteiger partial charge in [0.15, 0.2) is 0 Å². The summed E-state index contributed by atoms with van der Waals surface area (Å²) in [6.45, 7) is 3.33. The first kappa shape index (κ1) is 7.17. The number of hydrogen-bond acceptors (Lipinski definition) is 2. The Morgan fingerprint density at radius 3 is 2.75 bits per heavy atom. The van der Waals surface area contributed by atoms with Crippen LogP contribution in [0.3, 0.4) is 0 Å². The summed E-state index contributed by atoms with van der Waals surface area (Å²) in [6.07, 6.45) is 1.47. The van der Waals surface area contributed by atoms with E-state index in [2.05, 4.69) is 16.9 Å². The van der Waals surface area contributed by atoms with Gasteiger partial charge >= 0.3 is 0 Å². The number of rotatable bonds is 2. The van der Waals surface area contributed by atoms with E-state index in [1.807, 2.05) is 0 Å². The highest BCUT2D eigenvalue weighted by molar-refractivity contribution is 5.83. The van der Waals surface area contributed by atoms with Crippen molar-refractivity contribution in [2.24, 2.45) is 4.99 Å². The molecule has 0 rings (SSSR count). The maximum absolute atomic E-state index is 8.42. The van der Waals surface area contributed by atoms with E-state index in [-0.39, 0.29) is 6.61 Å². The monoisotopic (exact) mass is 114 g/mol. The number of hydrogen-bond donors (Lipinski definition) is 2. The van der Waals surface area contributed by atoms with Crippen molar-refractivity contribution < 1.29 is 5.11 Å². The number of nitrogens with zero attached hydrogens (tertiary/aromatic N) is 1. The Labute approximate surface area is 48.7 Å². The van der Waals surface area contributed by atoms with Gasteiger partial charge in [-0.3, -0.25) is 4.99 Å². The predicted octanol–water partition coefficient (Wildman–Crippen LogP) is -0.260. The predicted molar refractivity (Wildman–Crippen MR) is 33.8 cm³/mol. The van der Waals surface area contributed by atoms with E-state index in [0.717, 1.165) is 0 Å². The third-order valence-corrected chi connectivity index (χ3v) is 0.688. The molecule has 0 aromatic carbocycles. The average Bonchev–Trinajstić information content (AvgIpc) is 1.83. The van der Waals surface area contributed by atoms with Gasteiger partial charge in [-0.05, 0) is 6.20 Å². The van der Waals surface area contributed by atoms with Gasteiger partial charge in [0.25, 0.3) is 0 Å². The Morgan fingerprint density at radius 2 is 2.62 bits per heavy atom. The minimum Gasteiger partial charge on any atom is -0.388 e. The van der Waals surface area contributed by atoms with Gasteiger partial charge in [0.2, 0.25) is 0 Å². The molecular formula is C5H10N2O. The molecule has 0 spiro atoms. The molecule has 0 amide bonds. The van der Waals surface area contributed by atoms with Crippen molar-refractivity contribution in [3.8, 4) is 0 Å². The minimum absolute atomic E-state index is 0.0669. The minimum atomic E-state index is -0.0669. The summed E-state index contributed by atoms with van der Waals surface area (Å²) in [5.41, 5.74) is 0. The zero-order valence-electron chi connectivity index (χ0n) is 4.89. The van der Waals surface area contributed by atoms with Crippen LogP contribution in [-0.2, 0) is 0 Å². The van der Waals surface area contributed by atoms with Crippen LogP contribution in [0.15, 0.2) is 17.8 Å². The third kappa shape index (κ3) is 2.36. The second kappa shape index (κ2) is 4.33. The van der Waals surface area contributed by atoms with Gasteiger partial charge in [0.05, 0.1) is 0 Å². The number of aliphatic imine (C=N–C) groups is 1. The molecule has 0 radical (unpaired) electrons. The molecule has 0 aliphatic carbocycles. The molecule has 46 valence electrons. The largest absolute Gasteiger partial charge is 0.388 e. The Kier molecular flexibility index (Phi) is 3.88. The first-order valence-corrected chi connectivity index (χ1v) is 2.29. The molecule has 2 N–H and O–H groups in total. The summed E-state index contributed by atoms with van der Waals surface area (Å²) in [4.78, 5) is 3.68. The molecule has 0 saturated carbocycles. The summed E-state index contributed by atoms with van der Waals surface area (Å²) in [6, 6.07) is 0. The summed E-state index contributed by atoms with van der Waals surface area (Å²) in [7, 11) is 1.60. The fourth-order valence-electron chi connectivity index (χ4n) is 0.299. The van der Waals surface area contributed by atoms with Crippen molar-refractivity contribution in [2.75, 3.05) is 13.7 Å². The van der Waals surface area contributed by atoms with Gasteiger partial charge in [0.1, 0.15) is 12.4 Å². The van der Waals surface area contributed by atoms with Gasteiger partial charge in [0, 0.05) is 7.05 Å². The lowest BCUT2D eigenvalue weighted by Gasteiger charge is -1.96. The SMILES string of the molecule is C=CNC(CO)=NC. The van der Waals surface area contributed by atoms with Gasteiger partial charge in [-0.2, -0.15) is 0 Å². The lowest BCUT2D eigenvalue weighted by Crippen LogP contribution is -2.20. The third-order valence-electron chi connectivity index (χ3n) is 0.688. The molecule has 3 heteroatoms. The molecule has 0 aliphatic rings. The highest BCUT2D eigenvalue weighted by Gasteiger charge is 1.85. The van der Waals surface area contributed by atoms with Gasteiger partial charge in [-0.15, -0.1) is 0 Å². The molecule has 0 bridgehead atoms. The standard InChI is InChI=1S/C5H10N2O/c1-3-7-5(4-8)6-2/h3,8H,1,4H2,2H3,(H,6,7). The quantitative estimate of drug-likeness (QED) is 0.384. The fourth-order valence-corrected chi connectivity index (χ4v) is 0.299. The molecule has 8 heavy (non-hydrogen) atoms. The number of nitrogens with one attached hydrogen (secondary N) is 1. The topological polar surface area (TPSA) is 44.6 Å². The summed E-state index contributed by atoms with van der Waals surface area (Å²) < 4.78 is 0. The van der Waals surface area contributed by atoms with Crippen molar-refractivity contribution in [3.05, 3.63) is 12.8 Å². The van der Waals surface area contributed by atoms with Gasteiger partial charge < -0.3 is 10.4 Å². The smallest absolute Gasteiger partial charge is 0.126 e. The second-order valence-corrected chi connectivity index (χ2v) is 1.18. The summed E-state index contributed by atoms with van der Waals surface area (Å²) in [5, 5.41) is 11.1. The van der Waals surface area contributed by atoms with E-state index < -0.39 is 0 Å². The van der Waals surface area contributed by atoms with Crippen LogP contribution in [0, 0.1) is 0 Å². The van der Waals surface area contributed by atoms with Crippen molar-refractivity contribution in [1.29, 1.82) is 0 Å². The molecule has 0 aromatic heterocycles. The lowest BCUT2D eigenvalue weighted by atomic mass is 10.6. The van der Waals surface area contributed by atoms with Crippen LogP contribution in [0.25, 0.3) is 0 Å². The van der Waals surface area contributed by atoms with Crippen molar-refractivity contribution in [2.45, 2.75) is 0 Å². The van der Waals surface area contributed by atoms with Gasteiger partial charge in [-0.25, -0.2) is 0 Å². The van der Waals surface area contributed by atoms with E-state index in [9.17, 15) is 0 Å². The van der Waals surface area contributed by atoms with Crippen LogP contribution in [0.2, 0.25) is 0 Å². The molecule has 0 atom stereocenters. The first-order chi connectivity index (χ1) is 3.85. The van der Waals surface area contributed by atoms with Crippen molar-refractivity contribution in [3.63, 3.8) is 0 Å². The van der Waals surface area contributed by atoms with Crippen LogP contribution in [-0.4, -0.2) is 24.6 Å². The fraction of sp³-hybridized carbons (Fsp3) is 0.400. The van der Waals surface area contributed by atoms with Crippen LogP contribution in [0.1, 0.15) is 0 Å². The van der Waals surface area contributed by atoms with E-state index in [1.165, 1.54) is 6.20 Å². The van der Waals surface area contributed by atoms with E-state index in [1.54, 1.807) is 7.05 Å². The van der Waals surface area contributed by atoms with Crippen molar-refractivity contribution >= 4 is 5.84 Å². The summed E-state index contributed by atoms with van der Waals surface area (Å²) in [5.74, 6) is 0.528. The molecule has 0 unspecified atom stereocenters. The Balaban J connectivity index is 3.53. The van der Waals surface area contributed by atoms with Crippen molar-refractivity contribution in [1.82, 2.24) is 5.32 Å². The van der Waals surface area contributed by atoms with Gasteiger partial charge in [-0.1, -0.05) is 6.58 Å². The molecule has 0 heterocycles. The number of amidine groups is 1.